The van der Waals surface area contributed by atoms with Crippen LogP contribution in [0, 0.1) is 5.92 Å². The molecule has 0 unspecified atom stereocenters. The number of amides is 1. The minimum atomic E-state index is -2.90. The molecule has 0 aromatic heterocycles. The quantitative estimate of drug-likeness (QED) is 0.905. The van der Waals surface area contributed by atoms with Crippen LogP contribution in [-0.2, 0) is 4.79 Å². The van der Waals surface area contributed by atoms with Gasteiger partial charge in [0.25, 0.3) is 0 Å². The second-order valence-electron chi connectivity index (χ2n) is 3.91. The molecule has 1 aromatic carbocycles. The number of hydrogen-bond acceptors (Lipinski definition) is 2. The number of carbonyl (C=O) groups is 1. The third-order valence-corrected chi connectivity index (χ3v) is 2.98. The van der Waals surface area contributed by atoms with Gasteiger partial charge in [-0.25, -0.2) is 0 Å². The van der Waals surface area contributed by atoms with E-state index >= 15 is 0 Å². The first-order chi connectivity index (χ1) is 7.99. The first kappa shape index (κ1) is 12.1. The number of benzene rings is 1. The van der Waals surface area contributed by atoms with Gasteiger partial charge in [-0.15, -0.1) is 0 Å². The normalized spacial score (nSPS) is 22.6. The van der Waals surface area contributed by atoms with Crippen molar-refractivity contribution >= 4 is 17.5 Å². The Balaban J connectivity index is 2.26. The van der Waals surface area contributed by atoms with Crippen LogP contribution in [0.4, 0.5) is 8.78 Å². The number of nitrogens with two attached hydrogens (primary N) is 1. The van der Waals surface area contributed by atoms with Crippen LogP contribution in [0.15, 0.2) is 18.2 Å². The smallest absolute Gasteiger partial charge is 0.387 e. The van der Waals surface area contributed by atoms with Gasteiger partial charge in [-0.3, -0.25) is 4.79 Å². The molecule has 1 fully saturated rings. The van der Waals surface area contributed by atoms with Crippen LogP contribution >= 0.6 is 11.6 Å². The van der Waals surface area contributed by atoms with Gasteiger partial charge in [-0.2, -0.15) is 8.78 Å². The molecule has 0 bridgehead atoms. The molecule has 1 aromatic rings. The second kappa shape index (κ2) is 4.49. The Morgan fingerprint density at radius 1 is 1.53 bits per heavy atom. The predicted octanol–water partition coefficient (Wildman–Crippen LogP) is 2.53. The molecule has 1 amide bonds. The number of ether oxygens (including phenoxy) is 1. The van der Waals surface area contributed by atoms with Gasteiger partial charge in [0.2, 0.25) is 5.91 Å². The van der Waals surface area contributed by atoms with E-state index in [1.807, 2.05) is 0 Å². The fourth-order valence-electron chi connectivity index (χ4n) is 1.87. The van der Waals surface area contributed by atoms with Crippen LogP contribution in [0.5, 0.6) is 5.75 Å². The van der Waals surface area contributed by atoms with E-state index in [0.29, 0.717) is 17.0 Å². The van der Waals surface area contributed by atoms with Gasteiger partial charge in [-0.05, 0) is 36.1 Å². The Hall–Kier alpha value is -1.36. The summed E-state index contributed by atoms with van der Waals surface area (Å²) in [6, 6.07) is 4.37. The van der Waals surface area contributed by atoms with Crippen molar-refractivity contribution in [3.8, 4) is 5.75 Å². The average molecular weight is 262 g/mol. The molecule has 2 N–H and O–H groups in total. The van der Waals surface area contributed by atoms with Crippen molar-refractivity contribution in [1.82, 2.24) is 0 Å². The Morgan fingerprint density at radius 3 is 2.76 bits per heavy atom. The van der Waals surface area contributed by atoms with Crippen LogP contribution in [0.25, 0.3) is 0 Å². The zero-order valence-corrected chi connectivity index (χ0v) is 9.45. The van der Waals surface area contributed by atoms with Crippen LogP contribution in [0.2, 0.25) is 5.02 Å². The predicted molar refractivity (Wildman–Crippen MR) is 58.1 cm³/mol. The molecule has 0 heterocycles. The number of halogens is 3. The van der Waals surface area contributed by atoms with Crippen LogP contribution in [0.1, 0.15) is 17.9 Å². The lowest BCUT2D eigenvalue weighted by Crippen LogP contribution is -2.14. The number of carbonyl (C=O) groups excluding carboxylic acids is 1. The molecule has 1 aliphatic rings. The summed E-state index contributed by atoms with van der Waals surface area (Å²) in [6.45, 7) is -2.90. The highest BCUT2D eigenvalue weighted by molar-refractivity contribution is 6.30. The van der Waals surface area contributed by atoms with Gasteiger partial charge < -0.3 is 10.5 Å². The van der Waals surface area contributed by atoms with E-state index in [1.165, 1.54) is 18.2 Å². The van der Waals surface area contributed by atoms with E-state index in [1.54, 1.807) is 0 Å². The summed E-state index contributed by atoms with van der Waals surface area (Å²) in [6.07, 6.45) is 0.551. The molecule has 6 heteroatoms. The van der Waals surface area contributed by atoms with E-state index in [2.05, 4.69) is 4.74 Å². The lowest BCUT2D eigenvalue weighted by Gasteiger charge is -2.10. The number of rotatable bonds is 4. The molecular weight excluding hydrogens is 252 g/mol. The molecule has 0 radical (unpaired) electrons. The number of primary amides is 1. The highest BCUT2D eigenvalue weighted by Gasteiger charge is 2.44. The van der Waals surface area contributed by atoms with E-state index in [0.717, 1.165) is 0 Å². The maximum absolute atomic E-state index is 12.2. The van der Waals surface area contributed by atoms with Crippen molar-refractivity contribution in [3.63, 3.8) is 0 Å². The zero-order valence-electron chi connectivity index (χ0n) is 8.70. The highest BCUT2D eigenvalue weighted by Crippen LogP contribution is 2.50. The monoisotopic (exact) mass is 261 g/mol. The maximum Gasteiger partial charge on any atom is 0.387 e. The fraction of sp³-hybridized carbons (Fsp3) is 0.364. The SMILES string of the molecule is NC(=O)[C@H]1C[C@@H]1c1cc(Cl)ccc1OC(F)F. The summed E-state index contributed by atoms with van der Waals surface area (Å²) in [5.74, 6) is -0.857. The zero-order chi connectivity index (χ0) is 12.6. The largest absolute Gasteiger partial charge is 0.435 e. The standard InChI is InChI=1S/C11H10ClF2NO2/c12-5-1-2-9(17-11(13)14)7(3-5)6-4-8(6)10(15)16/h1-3,6,8,11H,4H2,(H2,15,16)/t6-,8+/m1/s1. The average Bonchev–Trinajstić information content (AvgIpc) is 2.99. The van der Waals surface area contributed by atoms with Crippen molar-refractivity contribution < 1.29 is 18.3 Å². The maximum atomic E-state index is 12.2. The summed E-state index contributed by atoms with van der Waals surface area (Å²) in [7, 11) is 0. The van der Waals surface area contributed by atoms with E-state index in [-0.39, 0.29) is 17.6 Å². The molecule has 1 saturated carbocycles. The first-order valence-electron chi connectivity index (χ1n) is 5.02. The molecule has 17 heavy (non-hydrogen) atoms. The van der Waals surface area contributed by atoms with Gasteiger partial charge in [0, 0.05) is 10.9 Å². The van der Waals surface area contributed by atoms with Gasteiger partial charge in [0.05, 0.1) is 0 Å². The van der Waals surface area contributed by atoms with E-state index < -0.39 is 12.5 Å². The van der Waals surface area contributed by atoms with Crippen molar-refractivity contribution in [2.75, 3.05) is 0 Å². The Kier molecular flexibility index (Phi) is 3.19. The van der Waals surface area contributed by atoms with Gasteiger partial charge in [0.15, 0.2) is 0 Å². The van der Waals surface area contributed by atoms with Crippen molar-refractivity contribution in [2.45, 2.75) is 19.0 Å². The van der Waals surface area contributed by atoms with Gasteiger partial charge >= 0.3 is 6.61 Å². The van der Waals surface area contributed by atoms with E-state index in [4.69, 9.17) is 17.3 Å². The minimum absolute atomic E-state index is 0.0538. The minimum Gasteiger partial charge on any atom is -0.435 e. The van der Waals surface area contributed by atoms with Crippen molar-refractivity contribution in [2.24, 2.45) is 11.7 Å². The molecule has 0 spiro atoms. The molecule has 92 valence electrons. The number of hydrogen-bond donors (Lipinski definition) is 1. The molecular formula is C11H10ClF2NO2. The third kappa shape index (κ3) is 2.66. The van der Waals surface area contributed by atoms with Crippen molar-refractivity contribution in [1.29, 1.82) is 0 Å². The van der Waals surface area contributed by atoms with Crippen LogP contribution in [0.3, 0.4) is 0 Å². The molecule has 2 atom stereocenters. The molecule has 1 aliphatic carbocycles. The highest BCUT2D eigenvalue weighted by atomic mass is 35.5. The lowest BCUT2D eigenvalue weighted by atomic mass is 10.1. The van der Waals surface area contributed by atoms with Gasteiger partial charge in [0.1, 0.15) is 5.75 Å². The molecule has 0 aliphatic heterocycles. The third-order valence-electron chi connectivity index (χ3n) is 2.74. The summed E-state index contributed by atoms with van der Waals surface area (Å²) in [5.41, 5.74) is 5.67. The summed E-state index contributed by atoms with van der Waals surface area (Å²) in [4.78, 5) is 11.0. The molecule has 0 saturated heterocycles. The number of alkyl halides is 2. The van der Waals surface area contributed by atoms with Crippen LogP contribution in [-0.4, -0.2) is 12.5 Å². The topological polar surface area (TPSA) is 52.3 Å². The summed E-state index contributed by atoms with van der Waals surface area (Å²) < 4.78 is 28.8. The summed E-state index contributed by atoms with van der Waals surface area (Å²) >= 11 is 5.79. The van der Waals surface area contributed by atoms with Crippen LogP contribution < -0.4 is 10.5 Å². The Bertz CT molecular complexity index is 453. The molecule has 2 rings (SSSR count). The Morgan fingerprint density at radius 2 is 2.24 bits per heavy atom. The second-order valence-corrected chi connectivity index (χ2v) is 4.35. The fourth-order valence-corrected chi connectivity index (χ4v) is 2.05. The first-order valence-corrected chi connectivity index (χ1v) is 5.40. The van der Waals surface area contributed by atoms with E-state index in [9.17, 15) is 13.6 Å². The molecule has 3 nitrogen and oxygen atoms in total. The summed E-state index contributed by atoms with van der Waals surface area (Å²) in [5, 5.41) is 0.414. The Labute approximate surface area is 101 Å². The lowest BCUT2D eigenvalue weighted by molar-refractivity contribution is -0.119. The van der Waals surface area contributed by atoms with Crippen molar-refractivity contribution in [3.05, 3.63) is 28.8 Å². The van der Waals surface area contributed by atoms with Gasteiger partial charge in [-0.1, -0.05) is 11.6 Å².